The quantitative estimate of drug-likeness (QED) is 0.772. The van der Waals surface area contributed by atoms with Crippen molar-refractivity contribution in [1.29, 1.82) is 0 Å². The molecule has 1 fully saturated rings. The van der Waals surface area contributed by atoms with Crippen LogP contribution in [0.5, 0.6) is 0 Å². The Morgan fingerprint density at radius 1 is 1.44 bits per heavy atom. The molecule has 1 saturated heterocycles. The molecular formula is C12H22N2O2. The van der Waals surface area contributed by atoms with E-state index in [0.29, 0.717) is 25.4 Å². The second-order valence-electron chi connectivity index (χ2n) is 4.93. The Hall–Kier alpha value is -0.900. The molecule has 0 aromatic carbocycles. The van der Waals surface area contributed by atoms with Crippen molar-refractivity contribution in [2.24, 2.45) is 5.92 Å². The summed E-state index contributed by atoms with van der Waals surface area (Å²) in [5.41, 5.74) is 0. The largest absolute Gasteiger partial charge is 0.354 e. The molecule has 0 spiro atoms. The van der Waals surface area contributed by atoms with Crippen LogP contribution >= 0.6 is 0 Å². The number of piperidine rings is 1. The van der Waals surface area contributed by atoms with Gasteiger partial charge in [-0.2, -0.15) is 0 Å². The first kappa shape index (κ1) is 13.2. The maximum atomic E-state index is 11.8. The Morgan fingerprint density at radius 2 is 2.12 bits per heavy atom. The van der Waals surface area contributed by atoms with Crippen LogP contribution in [-0.4, -0.2) is 42.3 Å². The smallest absolute Gasteiger partial charge is 0.237 e. The standard InChI is InChI=1S/C12H22N2O2/c1-9(2)7-13-12(16)10(3)14-6-4-5-11(15)8-14/h9-10H,4-8H2,1-3H3,(H,13,16). The molecular weight excluding hydrogens is 204 g/mol. The van der Waals surface area contributed by atoms with E-state index in [2.05, 4.69) is 19.2 Å². The Kier molecular flexibility index (Phi) is 4.93. The molecule has 1 rings (SSSR count). The summed E-state index contributed by atoms with van der Waals surface area (Å²) in [6.45, 7) is 7.97. The highest BCUT2D eigenvalue weighted by atomic mass is 16.2. The number of Topliss-reactive ketones (excluding diaryl/α,β-unsaturated/α-hetero) is 1. The third-order valence-electron chi connectivity index (χ3n) is 2.89. The van der Waals surface area contributed by atoms with Crippen LogP contribution in [0.25, 0.3) is 0 Å². The van der Waals surface area contributed by atoms with Gasteiger partial charge in [0.15, 0.2) is 0 Å². The number of rotatable bonds is 4. The molecule has 16 heavy (non-hydrogen) atoms. The van der Waals surface area contributed by atoms with Gasteiger partial charge in [0.05, 0.1) is 12.6 Å². The van der Waals surface area contributed by atoms with Crippen molar-refractivity contribution < 1.29 is 9.59 Å². The van der Waals surface area contributed by atoms with Crippen molar-refractivity contribution in [2.45, 2.75) is 39.7 Å². The molecule has 92 valence electrons. The van der Waals surface area contributed by atoms with Gasteiger partial charge < -0.3 is 5.32 Å². The summed E-state index contributed by atoms with van der Waals surface area (Å²) in [5.74, 6) is 0.734. The van der Waals surface area contributed by atoms with Crippen molar-refractivity contribution in [3.05, 3.63) is 0 Å². The van der Waals surface area contributed by atoms with E-state index in [4.69, 9.17) is 0 Å². The molecule has 1 atom stereocenters. The van der Waals surface area contributed by atoms with Crippen LogP contribution in [0.4, 0.5) is 0 Å². The summed E-state index contributed by atoms with van der Waals surface area (Å²) in [7, 11) is 0. The van der Waals surface area contributed by atoms with Gasteiger partial charge in [0.2, 0.25) is 5.91 Å². The van der Waals surface area contributed by atoms with Gasteiger partial charge in [-0.1, -0.05) is 13.8 Å². The fraction of sp³-hybridized carbons (Fsp3) is 0.833. The lowest BCUT2D eigenvalue weighted by atomic mass is 10.1. The molecule has 0 bridgehead atoms. The first-order valence-electron chi connectivity index (χ1n) is 6.04. The van der Waals surface area contributed by atoms with Crippen molar-refractivity contribution in [1.82, 2.24) is 10.2 Å². The number of nitrogens with zero attached hydrogens (tertiary/aromatic N) is 1. The summed E-state index contributed by atoms with van der Waals surface area (Å²) < 4.78 is 0. The SMILES string of the molecule is CC(C)CNC(=O)C(C)N1CCCC(=O)C1. The molecule has 4 nitrogen and oxygen atoms in total. The minimum atomic E-state index is -0.192. The van der Waals surface area contributed by atoms with Gasteiger partial charge in [0, 0.05) is 13.0 Å². The number of amides is 1. The third-order valence-corrected chi connectivity index (χ3v) is 2.89. The van der Waals surface area contributed by atoms with Crippen LogP contribution < -0.4 is 5.32 Å². The van der Waals surface area contributed by atoms with E-state index in [-0.39, 0.29) is 17.7 Å². The molecule has 0 aromatic heterocycles. The fourth-order valence-electron chi connectivity index (χ4n) is 1.81. The van der Waals surface area contributed by atoms with Gasteiger partial charge in [-0.3, -0.25) is 14.5 Å². The highest BCUT2D eigenvalue weighted by Gasteiger charge is 2.25. The van der Waals surface area contributed by atoms with E-state index in [1.165, 1.54) is 0 Å². The van der Waals surface area contributed by atoms with E-state index in [1.807, 2.05) is 11.8 Å². The average Bonchev–Trinajstić information content (AvgIpc) is 2.24. The van der Waals surface area contributed by atoms with Crippen molar-refractivity contribution in [3.8, 4) is 0 Å². The number of nitrogens with one attached hydrogen (secondary N) is 1. The molecule has 0 aliphatic carbocycles. The van der Waals surface area contributed by atoms with Gasteiger partial charge in [-0.25, -0.2) is 0 Å². The zero-order valence-electron chi connectivity index (χ0n) is 10.5. The molecule has 0 radical (unpaired) electrons. The average molecular weight is 226 g/mol. The highest BCUT2D eigenvalue weighted by molar-refractivity contribution is 5.84. The van der Waals surface area contributed by atoms with Gasteiger partial charge in [-0.15, -0.1) is 0 Å². The molecule has 1 heterocycles. The van der Waals surface area contributed by atoms with Gasteiger partial charge in [-0.05, 0) is 25.8 Å². The highest BCUT2D eigenvalue weighted by Crippen LogP contribution is 2.09. The lowest BCUT2D eigenvalue weighted by molar-refractivity contribution is -0.129. The molecule has 0 saturated carbocycles. The summed E-state index contributed by atoms with van der Waals surface area (Å²) >= 11 is 0. The Labute approximate surface area is 97.4 Å². The number of carbonyl (C=O) groups is 2. The third kappa shape index (κ3) is 3.93. The van der Waals surface area contributed by atoms with Crippen LogP contribution in [0.15, 0.2) is 0 Å². The lowest BCUT2D eigenvalue weighted by Crippen LogP contribution is -2.49. The van der Waals surface area contributed by atoms with E-state index in [9.17, 15) is 9.59 Å². The van der Waals surface area contributed by atoms with Gasteiger partial charge in [0.25, 0.3) is 0 Å². The molecule has 1 unspecified atom stereocenters. The van der Waals surface area contributed by atoms with Gasteiger partial charge >= 0.3 is 0 Å². The predicted octanol–water partition coefficient (Wildman–Crippen LogP) is 0.812. The first-order valence-corrected chi connectivity index (χ1v) is 6.04. The second kappa shape index (κ2) is 5.99. The summed E-state index contributed by atoms with van der Waals surface area (Å²) in [5, 5.41) is 2.90. The Balaban J connectivity index is 2.40. The van der Waals surface area contributed by atoms with Crippen LogP contribution in [0.2, 0.25) is 0 Å². The minimum absolute atomic E-state index is 0.0309. The monoisotopic (exact) mass is 226 g/mol. The van der Waals surface area contributed by atoms with Crippen LogP contribution in [0.1, 0.15) is 33.6 Å². The number of likely N-dealkylation sites (tertiary alicyclic amines) is 1. The van der Waals surface area contributed by atoms with Gasteiger partial charge in [0.1, 0.15) is 5.78 Å². The summed E-state index contributed by atoms with van der Waals surface area (Å²) in [4.78, 5) is 25.0. The van der Waals surface area contributed by atoms with Crippen molar-refractivity contribution in [3.63, 3.8) is 0 Å². The maximum absolute atomic E-state index is 11.8. The van der Waals surface area contributed by atoms with E-state index < -0.39 is 0 Å². The molecule has 4 heteroatoms. The van der Waals surface area contributed by atoms with Crippen LogP contribution in [0.3, 0.4) is 0 Å². The minimum Gasteiger partial charge on any atom is -0.354 e. The first-order chi connectivity index (χ1) is 7.50. The topological polar surface area (TPSA) is 49.4 Å². The van der Waals surface area contributed by atoms with Crippen molar-refractivity contribution in [2.75, 3.05) is 19.6 Å². The Morgan fingerprint density at radius 3 is 2.69 bits per heavy atom. The normalized spacial score (nSPS) is 19.9. The molecule has 1 aliphatic heterocycles. The number of hydrogen-bond donors (Lipinski definition) is 1. The molecule has 0 aromatic rings. The van der Waals surface area contributed by atoms with E-state index >= 15 is 0 Å². The van der Waals surface area contributed by atoms with E-state index in [1.54, 1.807) is 0 Å². The molecule has 1 N–H and O–H groups in total. The zero-order valence-corrected chi connectivity index (χ0v) is 10.5. The predicted molar refractivity (Wildman–Crippen MR) is 63.1 cm³/mol. The molecule has 1 amide bonds. The molecule has 1 aliphatic rings. The zero-order chi connectivity index (χ0) is 12.1. The lowest BCUT2D eigenvalue weighted by Gasteiger charge is -2.30. The number of hydrogen-bond acceptors (Lipinski definition) is 3. The Bertz CT molecular complexity index is 264. The fourth-order valence-corrected chi connectivity index (χ4v) is 1.81. The summed E-state index contributed by atoms with van der Waals surface area (Å²) in [6, 6.07) is -0.192. The van der Waals surface area contributed by atoms with Crippen LogP contribution in [0, 0.1) is 5.92 Å². The number of carbonyl (C=O) groups excluding carboxylic acids is 2. The second-order valence-corrected chi connectivity index (χ2v) is 4.93. The van der Waals surface area contributed by atoms with E-state index in [0.717, 1.165) is 13.0 Å². The van der Waals surface area contributed by atoms with Crippen molar-refractivity contribution >= 4 is 11.7 Å². The summed E-state index contributed by atoms with van der Waals surface area (Å²) in [6.07, 6.45) is 1.54. The maximum Gasteiger partial charge on any atom is 0.237 e. The number of ketones is 1. The van der Waals surface area contributed by atoms with Crippen LogP contribution in [-0.2, 0) is 9.59 Å².